The molecule has 0 spiro atoms. The van der Waals surface area contributed by atoms with Crippen molar-refractivity contribution >= 4 is 43.2 Å². The molecule has 6 nitrogen and oxygen atoms in total. The molecule has 2 N–H and O–H groups in total. The van der Waals surface area contributed by atoms with E-state index in [1.54, 1.807) is 13.0 Å². The molecule has 1 atom stereocenters. The van der Waals surface area contributed by atoms with Gasteiger partial charge in [-0.3, -0.25) is 9.52 Å². The van der Waals surface area contributed by atoms with E-state index < -0.39 is 21.9 Å². The zero-order valence-electron chi connectivity index (χ0n) is 13.3. The first-order chi connectivity index (χ1) is 11.7. The first-order valence-electron chi connectivity index (χ1n) is 7.27. The Bertz CT molecular complexity index is 978. The van der Waals surface area contributed by atoms with Crippen LogP contribution in [0, 0.1) is 12.7 Å². The van der Waals surface area contributed by atoms with Crippen LogP contribution in [0.3, 0.4) is 0 Å². The molecule has 132 valence electrons. The third-order valence-electron chi connectivity index (χ3n) is 3.66. The van der Waals surface area contributed by atoms with E-state index in [9.17, 15) is 17.6 Å². The number of carbonyl (C=O) groups excluding carboxylic acids is 1. The van der Waals surface area contributed by atoms with Crippen LogP contribution in [0.4, 0.5) is 15.8 Å². The van der Waals surface area contributed by atoms with Crippen molar-refractivity contribution in [2.24, 2.45) is 0 Å². The van der Waals surface area contributed by atoms with Crippen molar-refractivity contribution in [3.63, 3.8) is 0 Å². The molecule has 3 rings (SSSR count). The van der Waals surface area contributed by atoms with Gasteiger partial charge in [0, 0.05) is 4.47 Å². The van der Waals surface area contributed by atoms with Gasteiger partial charge in [0.15, 0.2) is 11.9 Å². The first-order valence-corrected chi connectivity index (χ1v) is 9.55. The summed E-state index contributed by atoms with van der Waals surface area (Å²) in [6, 6.07) is 6.68. The summed E-state index contributed by atoms with van der Waals surface area (Å²) >= 11 is 3.23. The Morgan fingerprint density at radius 3 is 2.68 bits per heavy atom. The molecule has 1 unspecified atom stereocenters. The average molecular weight is 429 g/mol. The number of anilines is 2. The molecule has 1 aliphatic heterocycles. The Labute approximate surface area is 152 Å². The number of hydrogen-bond acceptors (Lipinski definition) is 4. The fourth-order valence-electron chi connectivity index (χ4n) is 2.39. The lowest BCUT2D eigenvalue weighted by molar-refractivity contribution is -0.122. The zero-order chi connectivity index (χ0) is 18.4. The molecule has 9 heteroatoms. The maximum atomic E-state index is 13.2. The highest BCUT2D eigenvalue weighted by Crippen LogP contribution is 2.39. The van der Waals surface area contributed by atoms with Crippen LogP contribution in [-0.2, 0) is 14.8 Å². The minimum atomic E-state index is -4.03. The molecule has 1 heterocycles. The molecule has 0 radical (unpaired) electrons. The van der Waals surface area contributed by atoms with Crippen LogP contribution in [0.15, 0.2) is 39.7 Å². The smallest absolute Gasteiger partial charge is 0.265 e. The van der Waals surface area contributed by atoms with Gasteiger partial charge in [0.05, 0.1) is 11.4 Å². The fraction of sp³-hybridized carbons (Fsp3) is 0.188. The quantitative estimate of drug-likeness (QED) is 0.784. The molecule has 1 aliphatic rings. The van der Waals surface area contributed by atoms with Gasteiger partial charge in [0.1, 0.15) is 10.7 Å². The largest absolute Gasteiger partial charge is 0.477 e. The zero-order valence-corrected chi connectivity index (χ0v) is 15.7. The molecular formula is C16H14BrFN2O4S. The standard InChI is InChI=1S/C16H14BrFN2O4S/c1-8-5-11(18)3-4-12(8)20-25(22,23)14-7-10(17)6-13-15(14)24-9(2)16(21)19-13/h3-7,9,20H,1-2H3,(H,19,21). The van der Waals surface area contributed by atoms with Crippen molar-refractivity contribution in [1.82, 2.24) is 0 Å². The van der Waals surface area contributed by atoms with Gasteiger partial charge in [0.25, 0.3) is 15.9 Å². The minimum Gasteiger partial charge on any atom is -0.477 e. The van der Waals surface area contributed by atoms with Gasteiger partial charge in [-0.2, -0.15) is 0 Å². The molecule has 0 fully saturated rings. The lowest BCUT2D eigenvalue weighted by Gasteiger charge is -2.25. The molecule has 2 aromatic carbocycles. The van der Waals surface area contributed by atoms with E-state index in [1.807, 2.05) is 0 Å². The second kappa shape index (κ2) is 6.30. The summed E-state index contributed by atoms with van der Waals surface area (Å²) in [5.41, 5.74) is 0.951. The van der Waals surface area contributed by atoms with Crippen LogP contribution in [-0.4, -0.2) is 20.4 Å². The van der Waals surface area contributed by atoms with Crippen molar-refractivity contribution in [3.05, 3.63) is 46.2 Å². The van der Waals surface area contributed by atoms with Gasteiger partial charge < -0.3 is 10.1 Å². The topological polar surface area (TPSA) is 84.5 Å². The second-order valence-corrected chi connectivity index (χ2v) is 8.16. The van der Waals surface area contributed by atoms with E-state index in [2.05, 4.69) is 26.0 Å². The molecule has 0 saturated heterocycles. The van der Waals surface area contributed by atoms with Crippen molar-refractivity contribution in [1.29, 1.82) is 0 Å². The third-order valence-corrected chi connectivity index (χ3v) is 5.49. The second-order valence-electron chi connectivity index (χ2n) is 5.59. The number of amides is 1. The summed E-state index contributed by atoms with van der Waals surface area (Å²) in [5.74, 6) is -0.765. The van der Waals surface area contributed by atoms with Crippen LogP contribution in [0.25, 0.3) is 0 Å². The summed E-state index contributed by atoms with van der Waals surface area (Å²) in [5, 5.41) is 2.61. The van der Waals surface area contributed by atoms with Crippen LogP contribution >= 0.6 is 15.9 Å². The van der Waals surface area contributed by atoms with E-state index in [4.69, 9.17) is 4.74 Å². The maximum Gasteiger partial charge on any atom is 0.265 e. The molecule has 0 aliphatic carbocycles. The molecule has 0 saturated carbocycles. The summed E-state index contributed by atoms with van der Waals surface area (Å²) in [7, 11) is -4.03. The van der Waals surface area contributed by atoms with E-state index in [0.717, 1.165) is 0 Å². The van der Waals surface area contributed by atoms with Crippen molar-refractivity contribution < 1.29 is 22.3 Å². The Morgan fingerprint density at radius 1 is 1.28 bits per heavy atom. The van der Waals surface area contributed by atoms with Gasteiger partial charge in [-0.1, -0.05) is 15.9 Å². The minimum absolute atomic E-state index is 0.0579. The van der Waals surface area contributed by atoms with E-state index in [1.165, 1.54) is 31.2 Å². The monoisotopic (exact) mass is 428 g/mol. The van der Waals surface area contributed by atoms with Crippen molar-refractivity contribution in [3.8, 4) is 5.75 Å². The van der Waals surface area contributed by atoms with Crippen LogP contribution in [0.1, 0.15) is 12.5 Å². The van der Waals surface area contributed by atoms with Crippen LogP contribution in [0.2, 0.25) is 0 Å². The highest BCUT2D eigenvalue weighted by atomic mass is 79.9. The van der Waals surface area contributed by atoms with E-state index in [0.29, 0.717) is 10.0 Å². The van der Waals surface area contributed by atoms with Gasteiger partial charge in [-0.15, -0.1) is 0 Å². The number of benzene rings is 2. The summed E-state index contributed by atoms with van der Waals surface area (Å²) in [6.45, 7) is 3.12. The number of fused-ring (bicyclic) bond motifs is 1. The van der Waals surface area contributed by atoms with Crippen LogP contribution in [0.5, 0.6) is 5.75 Å². The summed E-state index contributed by atoms with van der Waals surface area (Å²) < 4.78 is 47.3. The maximum absolute atomic E-state index is 13.2. The van der Waals surface area contributed by atoms with Gasteiger partial charge >= 0.3 is 0 Å². The molecule has 0 bridgehead atoms. The summed E-state index contributed by atoms with van der Waals surface area (Å²) in [6.07, 6.45) is -0.824. The normalized spacial score (nSPS) is 16.6. The fourth-order valence-corrected chi connectivity index (χ4v) is 4.31. The first kappa shape index (κ1) is 17.7. The molecular weight excluding hydrogens is 415 g/mol. The predicted molar refractivity (Wildman–Crippen MR) is 94.8 cm³/mol. The molecule has 25 heavy (non-hydrogen) atoms. The highest BCUT2D eigenvalue weighted by Gasteiger charge is 2.31. The Kier molecular flexibility index (Phi) is 4.46. The molecule has 0 aromatic heterocycles. The van der Waals surface area contributed by atoms with Gasteiger partial charge in [-0.25, -0.2) is 12.8 Å². The lowest BCUT2D eigenvalue weighted by Crippen LogP contribution is -2.35. The number of aryl methyl sites for hydroxylation is 1. The number of ether oxygens (including phenoxy) is 1. The van der Waals surface area contributed by atoms with Crippen LogP contribution < -0.4 is 14.8 Å². The third kappa shape index (κ3) is 3.47. The average Bonchev–Trinajstić information content (AvgIpc) is 2.51. The van der Waals surface area contributed by atoms with Crippen molar-refractivity contribution in [2.45, 2.75) is 24.8 Å². The number of hydrogen-bond donors (Lipinski definition) is 2. The SMILES string of the molecule is Cc1cc(F)ccc1NS(=O)(=O)c1cc(Br)cc2c1OC(C)C(=O)N2. The number of rotatable bonds is 3. The lowest BCUT2D eigenvalue weighted by atomic mass is 10.2. The number of sulfonamides is 1. The molecule has 2 aromatic rings. The van der Waals surface area contributed by atoms with Gasteiger partial charge in [-0.05, 0) is 49.7 Å². The number of carbonyl (C=O) groups is 1. The van der Waals surface area contributed by atoms with E-state index >= 15 is 0 Å². The predicted octanol–water partition coefficient (Wildman–Crippen LogP) is 3.42. The Balaban J connectivity index is 2.07. The number of nitrogens with one attached hydrogen (secondary N) is 2. The molecule has 1 amide bonds. The highest BCUT2D eigenvalue weighted by molar-refractivity contribution is 9.10. The summed E-state index contributed by atoms with van der Waals surface area (Å²) in [4.78, 5) is 11.6. The Hall–Kier alpha value is -2.13. The van der Waals surface area contributed by atoms with Gasteiger partial charge in [0.2, 0.25) is 0 Å². The van der Waals surface area contributed by atoms with Crippen molar-refractivity contribution in [2.75, 3.05) is 10.0 Å². The van der Waals surface area contributed by atoms with E-state index in [-0.39, 0.29) is 27.9 Å². The number of halogens is 2. The Morgan fingerprint density at radius 2 is 2.00 bits per heavy atom.